The number of nitrogens with zero attached hydrogens (tertiary/aromatic N) is 2. The van der Waals surface area contributed by atoms with Crippen LogP contribution in [0.25, 0.3) is 0 Å². The minimum absolute atomic E-state index is 0.580. The molecule has 2 heterocycles. The Morgan fingerprint density at radius 1 is 1.62 bits per heavy atom. The van der Waals surface area contributed by atoms with E-state index >= 15 is 0 Å². The van der Waals surface area contributed by atoms with Crippen LogP contribution < -0.4 is 0 Å². The van der Waals surface area contributed by atoms with Crippen LogP contribution in [0.5, 0.6) is 0 Å². The van der Waals surface area contributed by atoms with E-state index in [9.17, 15) is 0 Å². The number of aryl methyl sites for hydroxylation is 1. The monoisotopic (exact) mass is 180 g/mol. The van der Waals surface area contributed by atoms with Crippen molar-refractivity contribution < 1.29 is 4.52 Å². The van der Waals surface area contributed by atoms with Gasteiger partial charge in [-0.05, 0) is 33.4 Å². The van der Waals surface area contributed by atoms with Crippen molar-refractivity contribution in [1.82, 2.24) is 10.1 Å². The normalized spacial score (nSPS) is 24.9. The molecule has 1 saturated heterocycles. The summed E-state index contributed by atoms with van der Waals surface area (Å²) in [6.45, 7) is 4.28. The average Bonchev–Trinajstić information content (AvgIpc) is 2.52. The van der Waals surface area contributed by atoms with Gasteiger partial charge in [-0.3, -0.25) is 0 Å². The van der Waals surface area contributed by atoms with Gasteiger partial charge in [0.1, 0.15) is 5.76 Å². The Balaban J connectivity index is 2.08. The number of likely N-dealkylation sites (tertiary alicyclic amines) is 1. The van der Waals surface area contributed by atoms with E-state index in [2.05, 4.69) is 23.2 Å². The predicted octanol–water partition coefficient (Wildman–Crippen LogP) is 1.79. The molecule has 1 atom stereocenters. The zero-order chi connectivity index (χ0) is 9.26. The zero-order valence-electron chi connectivity index (χ0n) is 8.29. The van der Waals surface area contributed by atoms with Gasteiger partial charge in [-0.2, -0.15) is 0 Å². The lowest BCUT2D eigenvalue weighted by atomic mass is 9.95. The summed E-state index contributed by atoms with van der Waals surface area (Å²) in [5.74, 6) is 1.50. The zero-order valence-corrected chi connectivity index (χ0v) is 8.29. The first kappa shape index (κ1) is 8.75. The summed E-state index contributed by atoms with van der Waals surface area (Å²) >= 11 is 0. The van der Waals surface area contributed by atoms with Crippen LogP contribution >= 0.6 is 0 Å². The van der Waals surface area contributed by atoms with Gasteiger partial charge in [0.25, 0.3) is 0 Å². The number of rotatable bonds is 1. The van der Waals surface area contributed by atoms with Crippen molar-refractivity contribution in [1.29, 1.82) is 0 Å². The lowest BCUT2D eigenvalue weighted by molar-refractivity contribution is 0.244. The predicted molar refractivity (Wildman–Crippen MR) is 50.7 cm³/mol. The van der Waals surface area contributed by atoms with Crippen molar-refractivity contribution in [3.8, 4) is 0 Å². The summed E-state index contributed by atoms with van der Waals surface area (Å²) < 4.78 is 5.08. The molecule has 0 spiro atoms. The molecule has 0 aromatic carbocycles. The maximum atomic E-state index is 5.08. The molecule has 0 amide bonds. The smallest absolute Gasteiger partial charge is 0.133 e. The summed E-state index contributed by atoms with van der Waals surface area (Å²) in [7, 11) is 2.17. The summed E-state index contributed by atoms with van der Waals surface area (Å²) in [4.78, 5) is 2.36. The standard InChI is InChI=1S/C10H16N2O/c1-8-6-10(11-13-8)9-4-3-5-12(2)7-9/h6,9H,3-5,7H2,1-2H3. The molecule has 0 radical (unpaired) electrons. The van der Waals surface area contributed by atoms with Gasteiger partial charge in [0, 0.05) is 18.5 Å². The van der Waals surface area contributed by atoms with E-state index in [1.807, 2.05) is 6.92 Å². The first-order chi connectivity index (χ1) is 6.25. The molecule has 0 saturated carbocycles. The van der Waals surface area contributed by atoms with Crippen LogP contribution in [-0.2, 0) is 0 Å². The Morgan fingerprint density at radius 2 is 2.46 bits per heavy atom. The SMILES string of the molecule is Cc1cc(C2CCCN(C)C2)no1. The van der Waals surface area contributed by atoms with Crippen molar-refractivity contribution in [3.05, 3.63) is 17.5 Å². The fourth-order valence-electron chi connectivity index (χ4n) is 1.99. The van der Waals surface area contributed by atoms with Crippen LogP contribution in [0.1, 0.15) is 30.2 Å². The maximum Gasteiger partial charge on any atom is 0.133 e. The molecule has 0 bridgehead atoms. The van der Waals surface area contributed by atoms with Gasteiger partial charge in [0.05, 0.1) is 5.69 Å². The fourth-order valence-corrected chi connectivity index (χ4v) is 1.99. The second-order valence-electron chi connectivity index (χ2n) is 3.96. The third kappa shape index (κ3) is 1.91. The van der Waals surface area contributed by atoms with Crippen molar-refractivity contribution in [2.45, 2.75) is 25.7 Å². The van der Waals surface area contributed by atoms with E-state index in [1.165, 1.54) is 19.4 Å². The first-order valence-corrected chi connectivity index (χ1v) is 4.87. The summed E-state index contributed by atoms with van der Waals surface area (Å²) in [5.41, 5.74) is 1.13. The third-order valence-electron chi connectivity index (χ3n) is 2.69. The van der Waals surface area contributed by atoms with Gasteiger partial charge < -0.3 is 9.42 Å². The fraction of sp³-hybridized carbons (Fsp3) is 0.700. The van der Waals surface area contributed by atoms with Crippen LogP contribution in [-0.4, -0.2) is 30.2 Å². The number of aromatic nitrogens is 1. The molecule has 2 rings (SSSR count). The van der Waals surface area contributed by atoms with Crippen LogP contribution in [0.15, 0.2) is 10.6 Å². The van der Waals surface area contributed by atoms with Gasteiger partial charge in [0.2, 0.25) is 0 Å². The van der Waals surface area contributed by atoms with Gasteiger partial charge in [-0.15, -0.1) is 0 Å². The molecule has 1 aromatic rings. The van der Waals surface area contributed by atoms with E-state index in [-0.39, 0.29) is 0 Å². The van der Waals surface area contributed by atoms with Crippen LogP contribution in [0.4, 0.5) is 0 Å². The Morgan fingerprint density at radius 3 is 3.08 bits per heavy atom. The molecular formula is C10H16N2O. The van der Waals surface area contributed by atoms with E-state index in [4.69, 9.17) is 4.52 Å². The van der Waals surface area contributed by atoms with E-state index in [1.54, 1.807) is 0 Å². The molecule has 0 N–H and O–H groups in total. The highest BCUT2D eigenvalue weighted by molar-refractivity contribution is 5.10. The van der Waals surface area contributed by atoms with E-state index < -0.39 is 0 Å². The molecule has 13 heavy (non-hydrogen) atoms. The molecular weight excluding hydrogens is 164 g/mol. The summed E-state index contributed by atoms with van der Waals surface area (Å²) in [6, 6.07) is 2.06. The molecule has 0 aliphatic carbocycles. The largest absolute Gasteiger partial charge is 0.361 e. The highest BCUT2D eigenvalue weighted by Crippen LogP contribution is 2.25. The number of hydrogen-bond acceptors (Lipinski definition) is 3. The van der Waals surface area contributed by atoms with Crippen molar-refractivity contribution >= 4 is 0 Å². The second-order valence-corrected chi connectivity index (χ2v) is 3.96. The first-order valence-electron chi connectivity index (χ1n) is 4.87. The number of likely N-dealkylation sites (N-methyl/N-ethyl adjacent to an activating group) is 1. The van der Waals surface area contributed by atoms with Gasteiger partial charge in [-0.25, -0.2) is 0 Å². The Bertz CT molecular complexity index is 282. The highest BCUT2D eigenvalue weighted by atomic mass is 16.5. The van der Waals surface area contributed by atoms with E-state index in [0.29, 0.717) is 5.92 Å². The molecule has 1 fully saturated rings. The molecule has 1 aromatic heterocycles. The minimum atomic E-state index is 0.580. The Kier molecular flexibility index (Phi) is 2.36. The van der Waals surface area contributed by atoms with Gasteiger partial charge in [-0.1, -0.05) is 5.16 Å². The molecule has 1 aliphatic heterocycles. The molecule has 3 heteroatoms. The quantitative estimate of drug-likeness (QED) is 0.660. The van der Waals surface area contributed by atoms with Crippen molar-refractivity contribution in [2.75, 3.05) is 20.1 Å². The van der Waals surface area contributed by atoms with Crippen LogP contribution in [0.3, 0.4) is 0 Å². The lowest BCUT2D eigenvalue weighted by Crippen LogP contribution is -2.30. The maximum absolute atomic E-state index is 5.08. The number of hydrogen-bond donors (Lipinski definition) is 0. The average molecular weight is 180 g/mol. The molecule has 1 unspecified atom stereocenters. The van der Waals surface area contributed by atoms with Crippen molar-refractivity contribution in [3.63, 3.8) is 0 Å². The highest BCUT2D eigenvalue weighted by Gasteiger charge is 2.21. The third-order valence-corrected chi connectivity index (χ3v) is 2.69. The van der Waals surface area contributed by atoms with Gasteiger partial charge >= 0.3 is 0 Å². The molecule has 3 nitrogen and oxygen atoms in total. The number of piperidine rings is 1. The Hall–Kier alpha value is -0.830. The molecule has 72 valence electrons. The van der Waals surface area contributed by atoms with Crippen LogP contribution in [0.2, 0.25) is 0 Å². The second kappa shape index (κ2) is 3.50. The summed E-state index contributed by atoms with van der Waals surface area (Å²) in [6.07, 6.45) is 2.52. The molecule has 1 aliphatic rings. The topological polar surface area (TPSA) is 29.3 Å². The lowest BCUT2D eigenvalue weighted by Gasteiger charge is -2.28. The summed E-state index contributed by atoms with van der Waals surface area (Å²) in [5, 5.41) is 4.07. The Labute approximate surface area is 78.7 Å². The van der Waals surface area contributed by atoms with E-state index in [0.717, 1.165) is 18.0 Å². The van der Waals surface area contributed by atoms with Crippen molar-refractivity contribution in [2.24, 2.45) is 0 Å². The van der Waals surface area contributed by atoms with Crippen LogP contribution in [0, 0.1) is 6.92 Å². The van der Waals surface area contributed by atoms with Gasteiger partial charge in [0.15, 0.2) is 0 Å². The minimum Gasteiger partial charge on any atom is -0.361 e.